The Morgan fingerprint density at radius 1 is 0.947 bits per heavy atom. The third-order valence-corrected chi connectivity index (χ3v) is 3.08. The Kier molecular flexibility index (Phi) is 2.56. The van der Waals surface area contributed by atoms with Gasteiger partial charge in [-0.25, -0.2) is 0 Å². The van der Waals surface area contributed by atoms with Gasteiger partial charge in [-0.1, -0.05) is 30.3 Å². The normalized spacial score (nSPS) is 16.7. The fraction of sp³-hybridized carbons (Fsp3) is 0.0667. The van der Waals surface area contributed by atoms with Crippen molar-refractivity contribution in [3.63, 3.8) is 0 Å². The molecule has 1 aliphatic heterocycles. The monoisotopic (exact) mass is 256 g/mol. The molecule has 1 unspecified atom stereocenters. The molecule has 19 heavy (non-hydrogen) atoms. The summed E-state index contributed by atoms with van der Waals surface area (Å²) in [5.41, 5.74) is 1.33. The Hall–Kier alpha value is -2.62. The summed E-state index contributed by atoms with van der Waals surface area (Å²) in [6.45, 7) is 0. The maximum Gasteiger partial charge on any atom is 0.201 e. The van der Waals surface area contributed by atoms with Crippen molar-refractivity contribution in [2.24, 2.45) is 0 Å². The highest BCUT2D eigenvalue weighted by Gasteiger charge is 2.22. The molecule has 0 fully saturated rings. The van der Waals surface area contributed by atoms with Crippen LogP contribution in [-0.2, 0) is 0 Å². The van der Waals surface area contributed by atoms with Crippen molar-refractivity contribution in [3.8, 4) is 23.0 Å². The van der Waals surface area contributed by atoms with Gasteiger partial charge >= 0.3 is 0 Å². The zero-order chi connectivity index (χ0) is 13.4. The van der Waals surface area contributed by atoms with Gasteiger partial charge < -0.3 is 20.1 Å². The van der Waals surface area contributed by atoms with Crippen LogP contribution in [0, 0.1) is 0 Å². The summed E-state index contributed by atoms with van der Waals surface area (Å²) in [7, 11) is 0. The van der Waals surface area contributed by atoms with Gasteiger partial charge in [0.15, 0.2) is 11.5 Å². The lowest BCUT2D eigenvalue weighted by Gasteiger charge is -2.22. The predicted octanol–water partition coefficient (Wildman–Crippen LogP) is 2.95. The van der Waals surface area contributed by atoms with Crippen LogP contribution in [0.25, 0.3) is 6.08 Å². The van der Waals surface area contributed by atoms with Crippen LogP contribution in [0.2, 0.25) is 0 Å². The second kappa shape index (κ2) is 4.24. The maximum atomic E-state index is 9.74. The molecular formula is C15H12O4. The topological polar surface area (TPSA) is 69.9 Å². The van der Waals surface area contributed by atoms with E-state index < -0.39 is 11.5 Å². The number of aromatic hydroxyl groups is 3. The van der Waals surface area contributed by atoms with Crippen molar-refractivity contribution in [2.75, 3.05) is 0 Å². The van der Waals surface area contributed by atoms with Crippen molar-refractivity contribution in [2.45, 2.75) is 6.10 Å². The van der Waals surface area contributed by atoms with Crippen LogP contribution in [0.3, 0.4) is 0 Å². The SMILES string of the molecule is Oc1cc2c(c(O)c1O)C=CC(c1ccccc1)O2. The van der Waals surface area contributed by atoms with E-state index >= 15 is 0 Å². The fourth-order valence-electron chi connectivity index (χ4n) is 2.08. The quantitative estimate of drug-likeness (QED) is 0.686. The van der Waals surface area contributed by atoms with E-state index in [1.807, 2.05) is 30.3 Å². The number of hydrogen-bond donors (Lipinski definition) is 3. The summed E-state index contributed by atoms with van der Waals surface area (Å²) in [5, 5.41) is 28.7. The van der Waals surface area contributed by atoms with Gasteiger partial charge in [-0.05, 0) is 17.7 Å². The van der Waals surface area contributed by atoms with Gasteiger partial charge in [0.1, 0.15) is 11.9 Å². The minimum Gasteiger partial charge on any atom is -0.504 e. The molecule has 0 bridgehead atoms. The van der Waals surface area contributed by atoms with E-state index in [1.165, 1.54) is 6.07 Å². The van der Waals surface area contributed by atoms with Gasteiger partial charge in [-0.3, -0.25) is 0 Å². The van der Waals surface area contributed by atoms with Gasteiger partial charge in [0.2, 0.25) is 5.75 Å². The molecule has 0 aliphatic carbocycles. The van der Waals surface area contributed by atoms with Crippen LogP contribution in [0.15, 0.2) is 42.5 Å². The predicted molar refractivity (Wildman–Crippen MR) is 70.3 cm³/mol. The molecule has 4 heteroatoms. The van der Waals surface area contributed by atoms with Crippen LogP contribution in [0.4, 0.5) is 0 Å². The first kappa shape index (κ1) is 11.5. The summed E-state index contributed by atoms with van der Waals surface area (Å²) >= 11 is 0. The maximum absolute atomic E-state index is 9.74. The summed E-state index contributed by atoms with van der Waals surface area (Å²) in [4.78, 5) is 0. The average Bonchev–Trinajstić information content (AvgIpc) is 2.45. The Morgan fingerprint density at radius 3 is 2.42 bits per heavy atom. The number of phenols is 3. The molecule has 1 heterocycles. The van der Waals surface area contributed by atoms with Gasteiger partial charge in [0.05, 0.1) is 5.56 Å². The minimum absolute atomic E-state index is 0.281. The van der Waals surface area contributed by atoms with Gasteiger partial charge in [-0.2, -0.15) is 0 Å². The Bertz CT molecular complexity index is 647. The Balaban J connectivity index is 2.02. The lowest BCUT2D eigenvalue weighted by molar-refractivity contribution is 0.247. The van der Waals surface area contributed by atoms with Gasteiger partial charge in [-0.15, -0.1) is 0 Å². The number of rotatable bonds is 1. The van der Waals surface area contributed by atoms with Crippen molar-refractivity contribution in [3.05, 3.63) is 53.6 Å². The van der Waals surface area contributed by atoms with Crippen LogP contribution in [-0.4, -0.2) is 15.3 Å². The lowest BCUT2D eigenvalue weighted by atomic mass is 10.0. The second-order valence-electron chi connectivity index (χ2n) is 4.31. The minimum atomic E-state index is -0.537. The molecule has 1 aliphatic rings. The zero-order valence-electron chi connectivity index (χ0n) is 9.95. The van der Waals surface area contributed by atoms with Crippen molar-refractivity contribution in [1.82, 2.24) is 0 Å². The van der Waals surface area contributed by atoms with E-state index in [0.717, 1.165) is 5.56 Å². The van der Waals surface area contributed by atoms with Crippen LogP contribution in [0.1, 0.15) is 17.2 Å². The first-order valence-electron chi connectivity index (χ1n) is 5.84. The molecule has 0 aromatic heterocycles. The average molecular weight is 256 g/mol. The molecule has 2 aromatic carbocycles. The van der Waals surface area contributed by atoms with Crippen molar-refractivity contribution >= 4 is 6.08 Å². The van der Waals surface area contributed by atoms with Crippen LogP contribution < -0.4 is 4.74 Å². The highest BCUT2D eigenvalue weighted by molar-refractivity contribution is 5.72. The van der Waals surface area contributed by atoms with E-state index in [0.29, 0.717) is 11.3 Å². The fourth-order valence-corrected chi connectivity index (χ4v) is 2.08. The Labute approximate surface area is 109 Å². The Morgan fingerprint density at radius 2 is 1.68 bits per heavy atom. The summed E-state index contributed by atoms with van der Waals surface area (Å²) in [5.74, 6) is -0.981. The zero-order valence-corrected chi connectivity index (χ0v) is 9.95. The largest absolute Gasteiger partial charge is 0.504 e. The molecule has 0 saturated carbocycles. The first-order valence-corrected chi connectivity index (χ1v) is 5.84. The number of ether oxygens (including phenoxy) is 1. The molecule has 0 radical (unpaired) electrons. The van der Waals surface area contributed by atoms with E-state index in [2.05, 4.69) is 0 Å². The molecule has 2 aromatic rings. The summed E-state index contributed by atoms with van der Waals surface area (Å²) in [6.07, 6.45) is 3.18. The van der Waals surface area contributed by atoms with Gasteiger partial charge in [0.25, 0.3) is 0 Å². The molecule has 3 N–H and O–H groups in total. The third kappa shape index (κ3) is 1.87. The molecule has 4 nitrogen and oxygen atoms in total. The number of hydrogen-bond acceptors (Lipinski definition) is 4. The third-order valence-electron chi connectivity index (χ3n) is 3.08. The smallest absolute Gasteiger partial charge is 0.201 e. The number of benzene rings is 2. The second-order valence-corrected chi connectivity index (χ2v) is 4.31. The molecule has 96 valence electrons. The first-order chi connectivity index (χ1) is 9.16. The highest BCUT2D eigenvalue weighted by Crippen LogP contribution is 2.46. The molecular weight excluding hydrogens is 244 g/mol. The van der Waals surface area contributed by atoms with Crippen molar-refractivity contribution < 1.29 is 20.1 Å². The van der Waals surface area contributed by atoms with Crippen LogP contribution >= 0.6 is 0 Å². The summed E-state index contributed by atoms with van der Waals surface area (Å²) < 4.78 is 5.72. The van der Waals surface area contributed by atoms with E-state index in [4.69, 9.17) is 4.74 Å². The van der Waals surface area contributed by atoms with Crippen LogP contribution in [0.5, 0.6) is 23.0 Å². The van der Waals surface area contributed by atoms with Crippen molar-refractivity contribution in [1.29, 1.82) is 0 Å². The van der Waals surface area contributed by atoms with E-state index in [-0.39, 0.29) is 11.9 Å². The number of phenolic OH excluding ortho intramolecular Hbond substituents is 3. The van der Waals surface area contributed by atoms with E-state index in [1.54, 1.807) is 12.2 Å². The number of fused-ring (bicyclic) bond motifs is 1. The van der Waals surface area contributed by atoms with E-state index in [9.17, 15) is 15.3 Å². The van der Waals surface area contributed by atoms with Gasteiger partial charge in [0, 0.05) is 6.07 Å². The molecule has 0 spiro atoms. The lowest BCUT2D eigenvalue weighted by Crippen LogP contribution is -2.08. The standard InChI is InChI=1S/C15H12O4/c16-11-8-13-10(14(17)15(11)18)6-7-12(19-13)9-4-2-1-3-5-9/h1-8,12,16-18H. The summed E-state index contributed by atoms with van der Waals surface area (Å²) in [6, 6.07) is 10.9. The highest BCUT2D eigenvalue weighted by atomic mass is 16.5. The molecule has 1 atom stereocenters. The molecule has 0 saturated heterocycles. The molecule has 3 rings (SSSR count). The molecule has 0 amide bonds.